The number of ether oxygens (including phenoxy) is 1. The van der Waals surface area contributed by atoms with Gasteiger partial charge in [-0.25, -0.2) is 0 Å². The molecule has 1 N–H and O–H groups in total. The van der Waals surface area contributed by atoms with Crippen LogP contribution in [0.4, 0.5) is 0 Å². The molecule has 96 valence electrons. The Hall–Kier alpha value is -1.41. The summed E-state index contributed by atoms with van der Waals surface area (Å²) in [6.45, 7) is 3.96. The Bertz CT molecular complexity index is 409. The normalized spacial score (nSPS) is 20.0. The Morgan fingerprint density at radius 3 is 2.56 bits per heavy atom. The second-order valence-electron chi connectivity index (χ2n) is 4.52. The molecule has 0 aromatic heterocycles. The van der Waals surface area contributed by atoms with Gasteiger partial charge < -0.3 is 4.74 Å². The number of nitriles is 1. The van der Waals surface area contributed by atoms with Crippen LogP contribution in [0.15, 0.2) is 30.3 Å². The SMILES string of the molecule is CNC(C#N)(CN1CCOCC1)c1ccccc1. The molecule has 0 spiro atoms. The summed E-state index contributed by atoms with van der Waals surface area (Å²) in [5, 5.41) is 12.8. The van der Waals surface area contributed by atoms with E-state index in [1.54, 1.807) is 0 Å². The molecular formula is C14H19N3O. The predicted molar refractivity (Wildman–Crippen MR) is 70.1 cm³/mol. The van der Waals surface area contributed by atoms with Crippen LogP contribution in [-0.4, -0.2) is 44.8 Å². The number of rotatable bonds is 4. The highest BCUT2D eigenvalue weighted by atomic mass is 16.5. The van der Waals surface area contributed by atoms with Crippen LogP contribution in [-0.2, 0) is 10.3 Å². The van der Waals surface area contributed by atoms with Gasteiger partial charge in [-0.2, -0.15) is 5.26 Å². The molecule has 1 saturated heterocycles. The van der Waals surface area contributed by atoms with Gasteiger partial charge in [-0.3, -0.25) is 10.2 Å². The second kappa shape index (κ2) is 5.96. The van der Waals surface area contributed by atoms with Gasteiger partial charge >= 0.3 is 0 Å². The quantitative estimate of drug-likeness (QED) is 0.858. The van der Waals surface area contributed by atoms with Crippen LogP contribution in [0.5, 0.6) is 0 Å². The minimum Gasteiger partial charge on any atom is -0.379 e. The fraction of sp³-hybridized carbons (Fsp3) is 0.500. The Morgan fingerprint density at radius 2 is 2.00 bits per heavy atom. The molecule has 1 aliphatic rings. The Labute approximate surface area is 108 Å². The number of morpholine rings is 1. The standard InChI is InChI=1S/C14H19N3O/c1-16-14(11-15,13-5-3-2-4-6-13)12-17-7-9-18-10-8-17/h2-6,16H,7-10,12H2,1H3. The van der Waals surface area contributed by atoms with E-state index in [1.807, 2.05) is 37.4 Å². The van der Waals surface area contributed by atoms with Crippen molar-refractivity contribution in [3.05, 3.63) is 35.9 Å². The summed E-state index contributed by atoms with van der Waals surface area (Å²) in [6.07, 6.45) is 0. The van der Waals surface area contributed by atoms with Gasteiger partial charge in [0.1, 0.15) is 5.54 Å². The van der Waals surface area contributed by atoms with E-state index in [0.29, 0.717) is 6.54 Å². The Morgan fingerprint density at radius 1 is 1.33 bits per heavy atom. The van der Waals surface area contributed by atoms with Gasteiger partial charge in [-0.15, -0.1) is 0 Å². The number of nitrogens with one attached hydrogen (secondary N) is 1. The zero-order chi connectivity index (χ0) is 12.8. The lowest BCUT2D eigenvalue weighted by molar-refractivity contribution is 0.0289. The highest BCUT2D eigenvalue weighted by Gasteiger charge is 2.33. The lowest BCUT2D eigenvalue weighted by atomic mass is 9.90. The van der Waals surface area contributed by atoms with Crippen LogP contribution in [0.2, 0.25) is 0 Å². The molecule has 1 fully saturated rings. The molecule has 1 aromatic rings. The summed E-state index contributed by atoms with van der Waals surface area (Å²) in [5.41, 5.74) is 0.375. The molecule has 1 aliphatic heterocycles. The maximum atomic E-state index is 9.59. The number of hydrogen-bond donors (Lipinski definition) is 1. The zero-order valence-corrected chi connectivity index (χ0v) is 10.7. The molecule has 0 aliphatic carbocycles. The van der Waals surface area contributed by atoms with Crippen LogP contribution >= 0.6 is 0 Å². The van der Waals surface area contributed by atoms with Gasteiger partial charge in [0, 0.05) is 19.6 Å². The van der Waals surface area contributed by atoms with E-state index in [1.165, 1.54) is 0 Å². The van der Waals surface area contributed by atoms with Crippen molar-refractivity contribution in [3.63, 3.8) is 0 Å². The third-order valence-electron chi connectivity index (χ3n) is 3.45. The van der Waals surface area contributed by atoms with Crippen molar-refractivity contribution in [2.45, 2.75) is 5.54 Å². The third-order valence-corrected chi connectivity index (χ3v) is 3.45. The van der Waals surface area contributed by atoms with Crippen LogP contribution in [0.1, 0.15) is 5.56 Å². The van der Waals surface area contributed by atoms with Gasteiger partial charge in [-0.1, -0.05) is 30.3 Å². The van der Waals surface area contributed by atoms with Gasteiger partial charge in [0.15, 0.2) is 0 Å². The minimum absolute atomic E-state index is 0.640. The summed E-state index contributed by atoms with van der Waals surface area (Å²) in [5.74, 6) is 0. The van der Waals surface area contributed by atoms with Crippen LogP contribution in [0, 0.1) is 11.3 Å². The Kier molecular flexibility index (Phi) is 4.32. The molecular weight excluding hydrogens is 226 g/mol. The third kappa shape index (κ3) is 2.70. The topological polar surface area (TPSA) is 48.3 Å². The monoisotopic (exact) mass is 245 g/mol. The molecule has 4 nitrogen and oxygen atoms in total. The van der Waals surface area contributed by atoms with Crippen molar-refractivity contribution in [3.8, 4) is 6.07 Å². The van der Waals surface area contributed by atoms with Crippen molar-refractivity contribution >= 4 is 0 Å². The van der Waals surface area contributed by atoms with Crippen LogP contribution in [0.3, 0.4) is 0 Å². The number of benzene rings is 1. The van der Waals surface area contributed by atoms with Gasteiger partial charge in [-0.05, 0) is 12.6 Å². The van der Waals surface area contributed by atoms with Crippen molar-refractivity contribution < 1.29 is 4.74 Å². The first kappa shape index (κ1) is 13.0. The molecule has 0 saturated carbocycles. The second-order valence-corrected chi connectivity index (χ2v) is 4.52. The first-order valence-electron chi connectivity index (χ1n) is 6.26. The lowest BCUT2D eigenvalue weighted by Crippen LogP contribution is -2.51. The van der Waals surface area contributed by atoms with E-state index in [4.69, 9.17) is 4.74 Å². The average molecular weight is 245 g/mol. The highest BCUT2D eigenvalue weighted by molar-refractivity contribution is 5.31. The molecule has 1 atom stereocenters. The number of nitrogens with zero attached hydrogens (tertiary/aromatic N) is 2. The van der Waals surface area contributed by atoms with E-state index in [0.717, 1.165) is 31.9 Å². The van der Waals surface area contributed by atoms with Crippen molar-refractivity contribution in [1.29, 1.82) is 5.26 Å². The molecule has 1 unspecified atom stereocenters. The minimum atomic E-state index is -0.640. The summed E-state index contributed by atoms with van der Waals surface area (Å²) < 4.78 is 5.34. The van der Waals surface area contributed by atoms with E-state index in [2.05, 4.69) is 16.3 Å². The fourth-order valence-corrected chi connectivity index (χ4v) is 2.29. The molecule has 2 rings (SSSR count). The van der Waals surface area contributed by atoms with Crippen molar-refractivity contribution in [1.82, 2.24) is 10.2 Å². The molecule has 18 heavy (non-hydrogen) atoms. The van der Waals surface area contributed by atoms with E-state index in [-0.39, 0.29) is 0 Å². The summed E-state index contributed by atoms with van der Waals surface area (Å²) >= 11 is 0. The van der Waals surface area contributed by atoms with Crippen LogP contribution in [0.25, 0.3) is 0 Å². The summed E-state index contributed by atoms with van der Waals surface area (Å²) in [4.78, 5) is 2.27. The first-order valence-corrected chi connectivity index (χ1v) is 6.26. The van der Waals surface area contributed by atoms with Gasteiger partial charge in [0.05, 0.1) is 19.3 Å². The number of likely N-dealkylation sites (N-methyl/N-ethyl adjacent to an activating group) is 1. The van der Waals surface area contributed by atoms with Crippen molar-refractivity contribution in [2.75, 3.05) is 39.9 Å². The van der Waals surface area contributed by atoms with E-state index < -0.39 is 5.54 Å². The fourth-order valence-electron chi connectivity index (χ4n) is 2.29. The van der Waals surface area contributed by atoms with Gasteiger partial charge in [0.2, 0.25) is 0 Å². The molecule has 0 radical (unpaired) electrons. The zero-order valence-electron chi connectivity index (χ0n) is 10.7. The summed E-state index contributed by atoms with van der Waals surface area (Å²) in [7, 11) is 1.84. The molecule has 1 aromatic carbocycles. The molecule has 0 bridgehead atoms. The number of hydrogen-bond acceptors (Lipinski definition) is 4. The van der Waals surface area contributed by atoms with Crippen molar-refractivity contribution in [2.24, 2.45) is 0 Å². The molecule has 0 amide bonds. The largest absolute Gasteiger partial charge is 0.379 e. The molecule has 4 heteroatoms. The summed E-state index contributed by atoms with van der Waals surface area (Å²) in [6, 6.07) is 12.3. The smallest absolute Gasteiger partial charge is 0.144 e. The predicted octanol–water partition coefficient (Wildman–Crippen LogP) is 0.957. The average Bonchev–Trinajstić information content (AvgIpc) is 2.47. The molecule has 1 heterocycles. The van der Waals surface area contributed by atoms with E-state index >= 15 is 0 Å². The maximum Gasteiger partial charge on any atom is 0.144 e. The van der Waals surface area contributed by atoms with Crippen LogP contribution < -0.4 is 5.32 Å². The highest BCUT2D eigenvalue weighted by Crippen LogP contribution is 2.21. The maximum absolute atomic E-state index is 9.59. The van der Waals surface area contributed by atoms with E-state index in [9.17, 15) is 5.26 Å². The Balaban J connectivity index is 2.19. The first-order chi connectivity index (χ1) is 8.80. The lowest BCUT2D eigenvalue weighted by Gasteiger charge is -2.35. The van der Waals surface area contributed by atoms with Gasteiger partial charge in [0.25, 0.3) is 0 Å².